The van der Waals surface area contributed by atoms with E-state index in [1.807, 2.05) is 0 Å². The molecule has 0 heterocycles. The molecule has 0 bridgehead atoms. The van der Waals surface area contributed by atoms with E-state index in [4.69, 9.17) is 47.6 Å². The number of hydrogen-bond donors (Lipinski definition) is 6. The SMILES string of the molecule is Oc1c(F)cc(Br)cc1NC(=S)NCc1ccc(C(F)(F)F)cc1.Oc1c(F)cc(Br)cc1NC(=S)Nc1cc(Cl)cc(Cl)c1. The highest BCUT2D eigenvalue weighted by Crippen LogP contribution is 2.32. The third-order valence-electron chi connectivity index (χ3n) is 5.41. The molecule has 0 spiro atoms. The fourth-order valence-corrected chi connectivity index (χ4v) is 5.19. The van der Waals surface area contributed by atoms with Crippen LogP contribution in [-0.2, 0) is 12.7 Å². The van der Waals surface area contributed by atoms with Crippen LogP contribution in [0.1, 0.15) is 11.1 Å². The van der Waals surface area contributed by atoms with Crippen LogP contribution < -0.4 is 21.3 Å². The lowest BCUT2D eigenvalue weighted by molar-refractivity contribution is -0.137. The van der Waals surface area contributed by atoms with Gasteiger partial charge in [-0.15, -0.1) is 0 Å². The van der Waals surface area contributed by atoms with Crippen molar-refractivity contribution in [1.29, 1.82) is 0 Å². The summed E-state index contributed by atoms with van der Waals surface area (Å²) in [5.41, 5.74) is 0.609. The molecule has 0 aliphatic heterocycles. The number of phenolic OH excluding ortho intramolecular Hbond substituents is 2. The molecule has 6 N–H and O–H groups in total. The molecule has 4 rings (SSSR count). The van der Waals surface area contributed by atoms with Crippen LogP contribution in [0.3, 0.4) is 0 Å². The van der Waals surface area contributed by atoms with E-state index < -0.39 is 34.9 Å². The van der Waals surface area contributed by atoms with Gasteiger partial charge in [0.25, 0.3) is 0 Å². The first-order valence-electron chi connectivity index (χ1n) is 12.1. The molecule has 0 aliphatic rings. The fourth-order valence-electron chi connectivity index (χ4n) is 3.39. The van der Waals surface area contributed by atoms with Gasteiger partial charge >= 0.3 is 6.18 Å². The minimum atomic E-state index is -4.38. The van der Waals surface area contributed by atoms with Crippen LogP contribution in [0.2, 0.25) is 10.0 Å². The number of phenols is 2. The second kappa shape index (κ2) is 16.1. The Morgan fingerprint density at radius 2 is 1.18 bits per heavy atom. The molecule has 0 unspecified atom stereocenters. The lowest BCUT2D eigenvalue weighted by Gasteiger charge is -2.13. The average molecular weight is 833 g/mol. The van der Waals surface area contributed by atoms with Gasteiger partial charge in [-0.1, -0.05) is 67.2 Å². The van der Waals surface area contributed by atoms with Crippen LogP contribution in [0.5, 0.6) is 11.5 Å². The van der Waals surface area contributed by atoms with Crippen molar-refractivity contribution in [3.63, 3.8) is 0 Å². The summed E-state index contributed by atoms with van der Waals surface area (Å²) in [6.45, 7) is 0.168. The summed E-state index contributed by atoms with van der Waals surface area (Å²) in [7, 11) is 0. The van der Waals surface area contributed by atoms with Crippen LogP contribution in [0.4, 0.5) is 39.0 Å². The first kappa shape index (κ1) is 36.5. The lowest BCUT2D eigenvalue weighted by Crippen LogP contribution is -2.28. The number of thiocarbonyl (C=S) groups is 2. The molecule has 0 saturated carbocycles. The summed E-state index contributed by atoms with van der Waals surface area (Å²) in [6, 6.07) is 14.6. The normalized spacial score (nSPS) is 10.8. The Labute approximate surface area is 291 Å². The second-order valence-corrected chi connectivity index (χ2v) is 12.3. The molecule has 0 radical (unpaired) electrons. The van der Waals surface area contributed by atoms with Gasteiger partial charge in [0.05, 0.1) is 16.9 Å². The average Bonchev–Trinajstić information content (AvgIpc) is 2.92. The molecule has 0 aromatic heterocycles. The van der Waals surface area contributed by atoms with Gasteiger partial charge in [0, 0.05) is 31.2 Å². The molecule has 45 heavy (non-hydrogen) atoms. The highest BCUT2D eigenvalue weighted by atomic mass is 79.9. The topological polar surface area (TPSA) is 88.6 Å². The van der Waals surface area contributed by atoms with Gasteiger partial charge in [0.1, 0.15) is 0 Å². The van der Waals surface area contributed by atoms with E-state index in [9.17, 15) is 32.2 Å². The quantitative estimate of drug-likeness (QED) is 0.0674. The fraction of sp³-hybridized carbons (Fsp3) is 0.0714. The predicted molar refractivity (Wildman–Crippen MR) is 182 cm³/mol. The van der Waals surface area contributed by atoms with Crippen molar-refractivity contribution in [3.8, 4) is 11.5 Å². The summed E-state index contributed by atoms with van der Waals surface area (Å²) in [4.78, 5) is 0. The van der Waals surface area contributed by atoms with E-state index in [2.05, 4.69) is 53.1 Å². The molecule has 238 valence electrons. The highest BCUT2D eigenvalue weighted by Gasteiger charge is 2.29. The van der Waals surface area contributed by atoms with Crippen molar-refractivity contribution in [3.05, 3.63) is 108 Å². The third-order valence-corrected chi connectivity index (χ3v) is 7.21. The zero-order chi connectivity index (χ0) is 33.5. The molecule has 0 amide bonds. The highest BCUT2D eigenvalue weighted by molar-refractivity contribution is 9.10. The number of hydrogen-bond acceptors (Lipinski definition) is 4. The number of aromatic hydroxyl groups is 2. The number of rotatable bonds is 5. The number of benzene rings is 4. The minimum Gasteiger partial charge on any atom is -0.503 e. The zero-order valence-electron chi connectivity index (χ0n) is 22.2. The molecule has 0 fully saturated rings. The van der Waals surface area contributed by atoms with Gasteiger partial charge in [0.2, 0.25) is 0 Å². The molecule has 6 nitrogen and oxygen atoms in total. The Kier molecular flexibility index (Phi) is 13.0. The van der Waals surface area contributed by atoms with Crippen LogP contribution >= 0.6 is 79.5 Å². The van der Waals surface area contributed by atoms with Crippen molar-refractivity contribution in [2.75, 3.05) is 16.0 Å². The molecular weight excluding hydrogens is 814 g/mol. The van der Waals surface area contributed by atoms with Gasteiger partial charge < -0.3 is 31.5 Å². The van der Waals surface area contributed by atoms with Crippen LogP contribution in [0.25, 0.3) is 0 Å². The van der Waals surface area contributed by atoms with E-state index in [-0.39, 0.29) is 28.1 Å². The smallest absolute Gasteiger partial charge is 0.416 e. The standard InChI is InChI=1S/C15H11BrF4N2OS.C13H8BrCl2FN2OS/c16-10-5-11(17)13(23)12(6-10)22-14(24)21-7-8-1-3-9(4-2-8)15(18,19)20;14-6-1-10(17)12(20)11(2-6)19-13(21)18-9-4-7(15)3-8(16)5-9/h1-6,23H,7H2,(H2,21,22,24);1-5,20H,(H2,18,19,21). The lowest BCUT2D eigenvalue weighted by atomic mass is 10.1. The van der Waals surface area contributed by atoms with Crippen LogP contribution in [0, 0.1) is 11.6 Å². The maximum atomic E-state index is 13.4. The molecule has 0 aliphatic carbocycles. The van der Waals surface area contributed by atoms with Crippen molar-refractivity contribution < 1.29 is 32.2 Å². The predicted octanol–water partition coefficient (Wildman–Crippen LogP) is 10.2. The molecule has 4 aromatic rings. The number of nitrogens with one attached hydrogen (secondary N) is 4. The van der Waals surface area contributed by atoms with E-state index in [1.165, 1.54) is 24.3 Å². The summed E-state index contributed by atoms with van der Waals surface area (Å²) in [5, 5.41) is 31.3. The van der Waals surface area contributed by atoms with Gasteiger partial charge in [-0.05, 0) is 84.6 Å². The number of anilines is 3. The van der Waals surface area contributed by atoms with Crippen molar-refractivity contribution in [2.45, 2.75) is 12.7 Å². The Bertz CT molecular complexity index is 1700. The van der Waals surface area contributed by atoms with E-state index >= 15 is 0 Å². The van der Waals surface area contributed by atoms with Crippen LogP contribution in [0.15, 0.2) is 75.7 Å². The van der Waals surface area contributed by atoms with Gasteiger partial charge in [-0.25, -0.2) is 8.78 Å². The first-order valence-corrected chi connectivity index (χ1v) is 15.3. The van der Waals surface area contributed by atoms with E-state index in [1.54, 1.807) is 18.2 Å². The summed E-state index contributed by atoms with van der Waals surface area (Å²) in [5.74, 6) is -2.69. The number of halogens is 9. The molecular formula is C28H19Br2Cl2F5N4O2S2. The Hall–Kier alpha value is -2.95. The Morgan fingerprint density at radius 3 is 1.64 bits per heavy atom. The van der Waals surface area contributed by atoms with Crippen molar-refractivity contribution in [2.24, 2.45) is 0 Å². The van der Waals surface area contributed by atoms with Gasteiger partial charge in [-0.3, -0.25) is 0 Å². The van der Waals surface area contributed by atoms with Crippen molar-refractivity contribution in [1.82, 2.24) is 5.32 Å². The summed E-state index contributed by atoms with van der Waals surface area (Å²) >= 11 is 28.1. The maximum Gasteiger partial charge on any atom is 0.416 e. The van der Waals surface area contributed by atoms with Crippen LogP contribution in [-0.4, -0.2) is 20.4 Å². The summed E-state index contributed by atoms with van der Waals surface area (Å²) < 4.78 is 65.1. The van der Waals surface area contributed by atoms with E-state index in [0.29, 0.717) is 30.2 Å². The second-order valence-electron chi connectivity index (χ2n) is 8.81. The zero-order valence-corrected chi connectivity index (χ0v) is 28.5. The monoisotopic (exact) mass is 830 g/mol. The van der Waals surface area contributed by atoms with Gasteiger partial charge in [-0.2, -0.15) is 13.2 Å². The molecule has 4 aromatic carbocycles. The maximum absolute atomic E-state index is 13.4. The molecule has 0 saturated heterocycles. The Balaban J connectivity index is 0.000000248. The summed E-state index contributed by atoms with van der Waals surface area (Å²) in [6.07, 6.45) is -4.38. The Morgan fingerprint density at radius 1 is 0.711 bits per heavy atom. The largest absolute Gasteiger partial charge is 0.503 e. The number of alkyl halides is 3. The van der Waals surface area contributed by atoms with Crippen molar-refractivity contribution >= 4 is 107 Å². The van der Waals surface area contributed by atoms with Gasteiger partial charge in [0.15, 0.2) is 33.4 Å². The molecule has 17 heteroatoms. The third kappa shape index (κ3) is 11.4. The minimum absolute atomic E-state index is 0.0618. The molecule has 0 atom stereocenters. The first-order chi connectivity index (χ1) is 21.0. The van der Waals surface area contributed by atoms with E-state index in [0.717, 1.165) is 24.3 Å².